The molecular weight excluding hydrogens is 298 g/mol. The quantitative estimate of drug-likeness (QED) is 0.754. The molecule has 1 unspecified atom stereocenters. The lowest BCUT2D eigenvalue weighted by Gasteiger charge is -2.14. The lowest BCUT2D eigenvalue weighted by molar-refractivity contribution is 0.161. The molecule has 0 saturated carbocycles. The van der Waals surface area contributed by atoms with E-state index in [9.17, 15) is 5.11 Å². The number of halogens is 1. The smallest absolute Gasteiger partial charge is 0.129 e. The Morgan fingerprint density at radius 2 is 2.30 bits per heavy atom. The summed E-state index contributed by atoms with van der Waals surface area (Å²) in [6.07, 6.45) is 2.91. The number of hydrogen-bond donors (Lipinski definition) is 2. The largest absolute Gasteiger partial charge is 0.389 e. The number of nitrogens with zero attached hydrogens (tertiary/aromatic N) is 4. The standard InChI is InChI=1S/C12H12ClN5OS/c13-9-2-3-10-12(17-20-16-10)11(9)14-6-8(19)7-18-5-1-4-15-18/h1-5,8,14,19H,6-7H2. The normalized spacial score (nSPS) is 12.7. The van der Waals surface area contributed by atoms with Crippen molar-refractivity contribution >= 4 is 40.0 Å². The lowest BCUT2D eigenvalue weighted by atomic mass is 10.2. The van der Waals surface area contributed by atoms with Gasteiger partial charge in [-0.15, -0.1) is 0 Å². The maximum absolute atomic E-state index is 10.00. The molecule has 0 fully saturated rings. The second-order valence-corrected chi connectivity index (χ2v) is 5.25. The van der Waals surface area contributed by atoms with E-state index >= 15 is 0 Å². The predicted molar refractivity (Wildman–Crippen MR) is 79.1 cm³/mol. The van der Waals surface area contributed by atoms with Crippen molar-refractivity contribution in [2.45, 2.75) is 12.6 Å². The minimum absolute atomic E-state index is 0.357. The molecule has 3 rings (SSSR count). The Labute approximate surface area is 124 Å². The van der Waals surface area contributed by atoms with E-state index in [1.165, 1.54) is 0 Å². The van der Waals surface area contributed by atoms with Crippen LogP contribution in [0.3, 0.4) is 0 Å². The first-order chi connectivity index (χ1) is 9.74. The number of nitrogens with one attached hydrogen (secondary N) is 1. The van der Waals surface area contributed by atoms with Crippen LogP contribution in [0.25, 0.3) is 11.0 Å². The molecule has 104 valence electrons. The highest BCUT2D eigenvalue weighted by atomic mass is 35.5. The molecule has 0 saturated heterocycles. The van der Waals surface area contributed by atoms with Gasteiger partial charge in [-0.25, -0.2) is 0 Å². The van der Waals surface area contributed by atoms with Gasteiger partial charge in [-0.3, -0.25) is 4.68 Å². The molecule has 1 aromatic carbocycles. The van der Waals surface area contributed by atoms with Crippen molar-refractivity contribution in [3.63, 3.8) is 0 Å². The van der Waals surface area contributed by atoms with Gasteiger partial charge in [0.2, 0.25) is 0 Å². The summed E-state index contributed by atoms with van der Waals surface area (Å²) in [6.45, 7) is 0.777. The fraction of sp³-hybridized carbons (Fsp3) is 0.250. The summed E-state index contributed by atoms with van der Waals surface area (Å²) in [5, 5.41) is 17.8. The van der Waals surface area contributed by atoms with Crippen LogP contribution in [0.5, 0.6) is 0 Å². The first-order valence-corrected chi connectivity index (χ1v) is 7.15. The van der Waals surface area contributed by atoms with E-state index in [0.29, 0.717) is 23.8 Å². The third-order valence-electron chi connectivity index (χ3n) is 2.85. The van der Waals surface area contributed by atoms with E-state index in [0.717, 1.165) is 22.8 Å². The van der Waals surface area contributed by atoms with Gasteiger partial charge in [0.1, 0.15) is 11.0 Å². The van der Waals surface area contributed by atoms with Gasteiger partial charge in [-0.05, 0) is 18.2 Å². The Hall–Kier alpha value is -1.70. The van der Waals surface area contributed by atoms with Gasteiger partial charge in [0, 0.05) is 18.9 Å². The van der Waals surface area contributed by atoms with E-state index in [-0.39, 0.29) is 0 Å². The molecule has 0 amide bonds. The molecule has 0 aliphatic carbocycles. The van der Waals surface area contributed by atoms with E-state index < -0.39 is 6.10 Å². The maximum atomic E-state index is 10.00. The Morgan fingerprint density at radius 3 is 3.10 bits per heavy atom. The molecule has 2 heterocycles. The van der Waals surface area contributed by atoms with E-state index in [1.807, 2.05) is 12.1 Å². The Balaban J connectivity index is 1.70. The fourth-order valence-electron chi connectivity index (χ4n) is 1.90. The molecule has 0 bridgehead atoms. The number of fused-ring (bicyclic) bond motifs is 1. The molecule has 3 aromatic rings. The highest BCUT2D eigenvalue weighted by molar-refractivity contribution is 7.00. The lowest BCUT2D eigenvalue weighted by Crippen LogP contribution is -2.25. The number of anilines is 1. The summed E-state index contributed by atoms with van der Waals surface area (Å²) < 4.78 is 10.1. The fourth-order valence-corrected chi connectivity index (χ4v) is 2.67. The van der Waals surface area contributed by atoms with Crippen LogP contribution in [0.1, 0.15) is 0 Å². The number of rotatable bonds is 5. The summed E-state index contributed by atoms with van der Waals surface area (Å²) in [6, 6.07) is 5.42. The van der Waals surface area contributed by atoms with Crippen LogP contribution in [0.15, 0.2) is 30.6 Å². The van der Waals surface area contributed by atoms with Crippen molar-refractivity contribution in [1.82, 2.24) is 18.5 Å². The molecule has 0 radical (unpaired) electrons. The molecule has 6 nitrogen and oxygen atoms in total. The Bertz CT molecular complexity index is 699. The minimum atomic E-state index is -0.576. The van der Waals surface area contributed by atoms with Crippen molar-refractivity contribution < 1.29 is 5.11 Å². The third-order valence-corrected chi connectivity index (χ3v) is 3.71. The average Bonchev–Trinajstić information content (AvgIpc) is 3.08. The van der Waals surface area contributed by atoms with Gasteiger partial charge in [0.05, 0.1) is 35.1 Å². The predicted octanol–water partition coefficient (Wildman–Crippen LogP) is 2.01. The van der Waals surface area contributed by atoms with Gasteiger partial charge in [0.25, 0.3) is 0 Å². The molecule has 2 aromatic heterocycles. The number of hydrogen-bond acceptors (Lipinski definition) is 6. The summed E-state index contributed by atoms with van der Waals surface area (Å²) in [4.78, 5) is 0. The Kier molecular flexibility index (Phi) is 3.81. The van der Waals surface area contributed by atoms with Crippen molar-refractivity contribution in [2.75, 3.05) is 11.9 Å². The van der Waals surface area contributed by atoms with Gasteiger partial charge in [-0.1, -0.05) is 11.6 Å². The van der Waals surface area contributed by atoms with Crippen LogP contribution >= 0.6 is 23.3 Å². The molecule has 2 N–H and O–H groups in total. The van der Waals surface area contributed by atoms with Crippen LogP contribution in [-0.2, 0) is 6.54 Å². The highest BCUT2D eigenvalue weighted by Gasteiger charge is 2.12. The van der Waals surface area contributed by atoms with Crippen LogP contribution in [0.2, 0.25) is 5.02 Å². The molecule has 0 aliphatic heterocycles. The van der Waals surface area contributed by atoms with Crippen LogP contribution in [0.4, 0.5) is 5.69 Å². The van der Waals surface area contributed by atoms with E-state index in [1.54, 1.807) is 23.1 Å². The molecule has 0 spiro atoms. The summed E-state index contributed by atoms with van der Waals surface area (Å²) >= 11 is 7.30. The average molecular weight is 310 g/mol. The first-order valence-electron chi connectivity index (χ1n) is 6.04. The number of benzene rings is 1. The van der Waals surface area contributed by atoms with E-state index in [2.05, 4.69) is 19.2 Å². The SMILES string of the molecule is OC(CNc1c(Cl)ccc2nsnc12)Cn1cccn1. The van der Waals surface area contributed by atoms with Gasteiger partial charge in [-0.2, -0.15) is 13.8 Å². The highest BCUT2D eigenvalue weighted by Crippen LogP contribution is 2.29. The first kappa shape index (κ1) is 13.3. The Morgan fingerprint density at radius 1 is 1.40 bits per heavy atom. The monoisotopic (exact) mass is 309 g/mol. The minimum Gasteiger partial charge on any atom is -0.389 e. The van der Waals surface area contributed by atoms with E-state index in [4.69, 9.17) is 11.6 Å². The number of aliphatic hydroxyl groups excluding tert-OH is 1. The maximum Gasteiger partial charge on any atom is 0.129 e. The summed E-state index contributed by atoms with van der Waals surface area (Å²) in [7, 11) is 0. The zero-order valence-electron chi connectivity index (χ0n) is 10.4. The molecule has 0 aliphatic rings. The van der Waals surface area contributed by atoms with Gasteiger partial charge < -0.3 is 10.4 Å². The van der Waals surface area contributed by atoms with Crippen molar-refractivity contribution in [3.05, 3.63) is 35.6 Å². The van der Waals surface area contributed by atoms with Gasteiger partial charge in [0.15, 0.2) is 0 Å². The number of aromatic nitrogens is 4. The molecule has 1 atom stereocenters. The number of aliphatic hydroxyl groups is 1. The van der Waals surface area contributed by atoms with Gasteiger partial charge >= 0.3 is 0 Å². The third kappa shape index (κ3) is 2.74. The zero-order valence-corrected chi connectivity index (χ0v) is 12.0. The second-order valence-electron chi connectivity index (χ2n) is 4.32. The van der Waals surface area contributed by atoms with Crippen molar-refractivity contribution in [2.24, 2.45) is 0 Å². The van der Waals surface area contributed by atoms with Crippen molar-refractivity contribution in [1.29, 1.82) is 0 Å². The molecule has 20 heavy (non-hydrogen) atoms. The topological polar surface area (TPSA) is 75.9 Å². The van der Waals surface area contributed by atoms with Crippen LogP contribution < -0.4 is 5.32 Å². The zero-order chi connectivity index (χ0) is 13.9. The van der Waals surface area contributed by atoms with Crippen LogP contribution in [-0.4, -0.2) is 36.3 Å². The summed E-state index contributed by atoms with van der Waals surface area (Å²) in [5.41, 5.74) is 2.23. The molecule has 8 heteroatoms. The molecular formula is C12H12ClN5OS. The summed E-state index contributed by atoms with van der Waals surface area (Å²) in [5.74, 6) is 0. The van der Waals surface area contributed by atoms with Crippen molar-refractivity contribution in [3.8, 4) is 0 Å². The second kappa shape index (κ2) is 5.74. The van der Waals surface area contributed by atoms with Crippen LogP contribution in [0, 0.1) is 0 Å².